The Morgan fingerprint density at radius 3 is 2.68 bits per heavy atom. The minimum atomic E-state index is -0.0670. The van der Waals surface area contributed by atoms with Gasteiger partial charge in [-0.2, -0.15) is 5.10 Å². The molecule has 0 saturated heterocycles. The summed E-state index contributed by atoms with van der Waals surface area (Å²) in [6, 6.07) is 15.9. The maximum absolute atomic E-state index is 12.5. The Morgan fingerprint density at radius 1 is 1.09 bits per heavy atom. The van der Waals surface area contributed by atoms with Crippen LogP contribution in [0.3, 0.4) is 0 Å². The van der Waals surface area contributed by atoms with E-state index in [0.29, 0.717) is 10.9 Å². The summed E-state index contributed by atoms with van der Waals surface area (Å²) < 4.78 is 1.82. The van der Waals surface area contributed by atoms with Gasteiger partial charge in [0.05, 0.1) is 28.7 Å². The van der Waals surface area contributed by atoms with E-state index >= 15 is 0 Å². The van der Waals surface area contributed by atoms with E-state index in [0.717, 1.165) is 38.7 Å². The molecule has 0 atom stereocenters. The summed E-state index contributed by atoms with van der Waals surface area (Å²) in [6.45, 7) is 5.67. The Kier molecular flexibility index (Phi) is 6.12. The number of fused-ring (bicyclic) bond motifs is 1. The molecule has 0 aliphatic carbocycles. The topological polar surface area (TPSA) is 76.8 Å². The van der Waals surface area contributed by atoms with Gasteiger partial charge < -0.3 is 0 Å². The third-order valence-electron chi connectivity index (χ3n) is 5.48. The lowest BCUT2D eigenvalue weighted by molar-refractivity contribution is -0.115. The number of nitrogens with zero attached hydrogens (tertiary/aromatic N) is 6. The fourth-order valence-corrected chi connectivity index (χ4v) is 5.44. The van der Waals surface area contributed by atoms with Crippen LogP contribution in [0.1, 0.15) is 23.7 Å². The number of aromatic nitrogens is 5. The molecule has 5 aromatic rings. The van der Waals surface area contributed by atoms with Gasteiger partial charge in [0.1, 0.15) is 11.4 Å². The summed E-state index contributed by atoms with van der Waals surface area (Å²) in [4.78, 5) is 27.8. The maximum atomic E-state index is 12.5. The molecule has 0 aliphatic heterocycles. The number of thiazole rings is 1. The third-order valence-corrected chi connectivity index (χ3v) is 7.39. The van der Waals surface area contributed by atoms with E-state index in [1.165, 1.54) is 16.9 Å². The van der Waals surface area contributed by atoms with E-state index in [2.05, 4.69) is 22.0 Å². The van der Waals surface area contributed by atoms with E-state index in [-0.39, 0.29) is 5.91 Å². The van der Waals surface area contributed by atoms with E-state index < -0.39 is 0 Å². The van der Waals surface area contributed by atoms with Crippen molar-refractivity contribution in [3.8, 4) is 5.69 Å². The van der Waals surface area contributed by atoms with Crippen molar-refractivity contribution in [2.75, 3.05) is 4.90 Å². The number of carbonyl (C=O) groups is 1. The van der Waals surface area contributed by atoms with E-state index in [1.807, 2.05) is 65.5 Å². The predicted molar refractivity (Wildman–Crippen MR) is 137 cm³/mol. The number of benzene rings is 2. The van der Waals surface area contributed by atoms with Crippen LogP contribution in [0.2, 0.25) is 0 Å². The van der Waals surface area contributed by atoms with Crippen molar-refractivity contribution in [3.05, 3.63) is 83.3 Å². The molecular weight excluding hydrogens is 464 g/mol. The molecule has 0 bridgehead atoms. The molecule has 0 unspecified atom stereocenters. The SMILES string of the molecule is CC(=O)N(c1ccc(C)c(C)c1)c1nc(CSc2ncnc3c2cnn3-c2ccccc2)cs1. The number of hydrogen-bond acceptors (Lipinski definition) is 7. The van der Waals surface area contributed by atoms with Crippen molar-refractivity contribution in [1.29, 1.82) is 0 Å². The zero-order valence-electron chi connectivity index (χ0n) is 19.0. The summed E-state index contributed by atoms with van der Waals surface area (Å²) in [5.74, 6) is 0.556. The normalized spacial score (nSPS) is 11.1. The lowest BCUT2D eigenvalue weighted by atomic mass is 10.1. The predicted octanol–water partition coefficient (Wildman–Crippen LogP) is 5.87. The highest BCUT2D eigenvalue weighted by Gasteiger charge is 2.19. The van der Waals surface area contributed by atoms with Gasteiger partial charge in [-0.05, 0) is 49.2 Å². The standard InChI is InChI=1S/C25H22N6OS2/c1-16-9-10-21(11-17(16)2)30(18(3)32)25-29-19(14-34-25)13-33-24-22-12-28-31(23(22)26-15-27-24)20-7-5-4-6-8-20/h4-12,14-15H,13H2,1-3H3. The Bertz CT molecular complexity index is 1480. The Balaban J connectivity index is 1.38. The van der Waals surface area contributed by atoms with Crippen molar-refractivity contribution >= 4 is 50.9 Å². The molecule has 0 N–H and O–H groups in total. The molecule has 3 aromatic heterocycles. The number of para-hydroxylation sites is 1. The molecule has 0 radical (unpaired) electrons. The number of thioether (sulfide) groups is 1. The van der Waals surface area contributed by atoms with Crippen LogP contribution in [-0.4, -0.2) is 30.6 Å². The average Bonchev–Trinajstić information content (AvgIpc) is 3.48. The molecule has 7 nitrogen and oxygen atoms in total. The number of rotatable bonds is 6. The first kappa shape index (κ1) is 22.2. The van der Waals surface area contributed by atoms with Gasteiger partial charge >= 0.3 is 0 Å². The minimum Gasteiger partial charge on any atom is -0.274 e. The van der Waals surface area contributed by atoms with Crippen LogP contribution < -0.4 is 4.90 Å². The van der Waals surface area contributed by atoms with Crippen LogP contribution in [0, 0.1) is 13.8 Å². The second-order valence-electron chi connectivity index (χ2n) is 7.84. The second-order valence-corrected chi connectivity index (χ2v) is 9.64. The quantitative estimate of drug-likeness (QED) is 0.221. The van der Waals surface area contributed by atoms with Gasteiger partial charge in [0.15, 0.2) is 10.8 Å². The highest BCUT2D eigenvalue weighted by Crippen LogP contribution is 2.33. The summed E-state index contributed by atoms with van der Waals surface area (Å²) >= 11 is 3.04. The molecule has 3 heterocycles. The zero-order valence-corrected chi connectivity index (χ0v) is 20.6. The smallest absolute Gasteiger partial charge is 0.230 e. The molecule has 0 aliphatic rings. The lowest BCUT2D eigenvalue weighted by Crippen LogP contribution is -2.22. The van der Waals surface area contributed by atoms with Gasteiger partial charge in [0.2, 0.25) is 5.91 Å². The highest BCUT2D eigenvalue weighted by molar-refractivity contribution is 7.98. The summed E-state index contributed by atoms with van der Waals surface area (Å²) in [6.07, 6.45) is 3.36. The maximum Gasteiger partial charge on any atom is 0.230 e. The fraction of sp³-hybridized carbons (Fsp3) is 0.160. The summed E-state index contributed by atoms with van der Waals surface area (Å²) in [7, 11) is 0. The van der Waals surface area contributed by atoms with Crippen molar-refractivity contribution in [1.82, 2.24) is 24.7 Å². The van der Waals surface area contributed by atoms with E-state index in [9.17, 15) is 4.79 Å². The molecule has 5 rings (SSSR count). The van der Waals surface area contributed by atoms with Gasteiger partial charge in [-0.25, -0.2) is 19.6 Å². The van der Waals surface area contributed by atoms with Crippen molar-refractivity contribution < 1.29 is 4.79 Å². The van der Waals surface area contributed by atoms with Gasteiger partial charge in [-0.3, -0.25) is 9.69 Å². The number of amides is 1. The number of carbonyl (C=O) groups excluding carboxylic acids is 1. The molecule has 170 valence electrons. The van der Waals surface area contributed by atoms with Crippen LogP contribution in [0.4, 0.5) is 10.8 Å². The van der Waals surface area contributed by atoms with Crippen LogP contribution >= 0.6 is 23.1 Å². The molecule has 2 aromatic carbocycles. The van der Waals surface area contributed by atoms with Crippen LogP contribution in [0.15, 0.2) is 71.5 Å². The molecule has 9 heteroatoms. The van der Waals surface area contributed by atoms with Gasteiger partial charge in [0, 0.05) is 18.1 Å². The molecule has 1 amide bonds. The van der Waals surface area contributed by atoms with Gasteiger partial charge in [-0.1, -0.05) is 36.0 Å². The average molecular weight is 487 g/mol. The first-order valence-electron chi connectivity index (χ1n) is 10.7. The first-order valence-corrected chi connectivity index (χ1v) is 12.6. The third kappa shape index (κ3) is 4.32. The van der Waals surface area contributed by atoms with Gasteiger partial charge in [-0.15, -0.1) is 11.3 Å². The van der Waals surface area contributed by atoms with Crippen molar-refractivity contribution in [2.24, 2.45) is 0 Å². The van der Waals surface area contributed by atoms with Crippen molar-refractivity contribution in [3.63, 3.8) is 0 Å². The fourth-order valence-electron chi connectivity index (χ4n) is 3.59. The number of hydrogen-bond donors (Lipinski definition) is 0. The Hall–Kier alpha value is -3.56. The van der Waals surface area contributed by atoms with Crippen LogP contribution in [0.25, 0.3) is 16.7 Å². The summed E-state index contributed by atoms with van der Waals surface area (Å²) in [5.41, 5.74) is 5.76. The molecule has 0 fully saturated rings. The lowest BCUT2D eigenvalue weighted by Gasteiger charge is -2.19. The minimum absolute atomic E-state index is 0.0670. The van der Waals surface area contributed by atoms with Crippen molar-refractivity contribution in [2.45, 2.75) is 31.6 Å². The monoisotopic (exact) mass is 486 g/mol. The van der Waals surface area contributed by atoms with Crippen LogP contribution in [-0.2, 0) is 10.5 Å². The highest BCUT2D eigenvalue weighted by atomic mass is 32.2. The van der Waals surface area contributed by atoms with E-state index in [4.69, 9.17) is 4.98 Å². The first-order chi connectivity index (χ1) is 16.5. The Morgan fingerprint density at radius 2 is 1.91 bits per heavy atom. The zero-order chi connectivity index (χ0) is 23.7. The largest absolute Gasteiger partial charge is 0.274 e. The molecular formula is C25H22N6OS2. The molecule has 0 saturated carbocycles. The summed E-state index contributed by atoms with van der Waals surface area (Å²) in [5, 5.41) is 8.91. The Labute approximate surface area is 205 Å². The van der Waals surface area contributed by atoms with E-state index in [1.54, 1.807) is 36.1 Å². The second kappa shape index (κ2) is 9.36. The van der Waals surface area contributed by atoms with Crippen LogP contribution in [0.5, 0.6) is 0 Å². The number of aryl methyl sites for hydroxylation is 2. The molecule has 0 spiro atoms. The van der Waals surface area contributed by atoms with Gasteiger partial charge in [0.25, 0.3) is 0 Å². The molecule has 34 heavy (non-hydrogen) atoms. The number of anilines is 2.